The molecule has 1 rings (SSSR count). The van der Waals surface area contributed by atoms with Gasteiger partial charge in [0.05, 0.1) is 0 Å². The van der Waals surface area contributed by atoms with E-state index in [1.165, 1.54) is 24.3 Å². The summed E-state index contributed by atoms with van der Waals surface area (Å²) < 4.78 is 35.1. The molecule has 0 aliphatic heterocycles. The normalized spacial score (nSPS) is 11.6. The van der Waals surface area contributed by atoms with Crippen LogP contribution in [0, 0.1) is 0 Å². The molecule has 0 heterocycles. The molecule has 1 aromatic rings. The predicted molar refractivity (Wildman–Crippen MR) is 46.1 cm³/mol. The van der Waals surface area contributed by atoms with Crippen LogP contribution in [-0.2, 0) is 5.11 Å². The van der Waals surface area contributed by atoms with Gasteiger partial charge in [-0.3, -0.25) is 5.11 Å². The molecule has 0 saturated carbocycles. The van der Waals surface area contributed by atoms with E-state index in [0.29, 0.717) is 15.7 Å². The quantitative estimate of drug-likeness (QED) is 0.706. The molecule has 71 valence electrons. The predicted octanol–water partition coefficient (Wildman–Crippen LogP) is 4.09. The van der Waals surface area contributed by atoms with Crippen molar-refractivity contribution in [1.82, 2.24) is 0 Å². The minimum Gasteiger partial charge on any atom is -0.290 e. The highest BCUT2D eigenvalue weighted by Gasteiger charge is 2.29. The van der Waals surface area contributed by atoms with E-state index in [1.54, 1.807) is 0 Å². The van der Waals surface area contributed by atoms with Gasteiger partial charge in [0.1, 0.15) is 0 Å². The molecule has 0 unspecified atom stereocenters. The Morgan fingerprint density at radius 2 is 1.62 bits per heavy atom. The molecule has 6 heteroatoms. The molecule has 0 saturated heterocycles. The molecule has 0 aliphatic rings. The zero-order chi connectivity index (χ0) is 9.90. The molecule has 13 heavy (non-hydrogen) atoms. The third-order valence-corrected chi connectivity index (χ3v) is 3.19. The molecule has 1 aromatic carbocycles. The second-order valence-electron chi connectivity index (χ2n) is 2.08. The number of halogens is 3. The summed E-state index contributed by atoms with van der Waals surface area (Å²) in [4.78, 5) is 0.418. The van der Waals surface area contributed by atoms with Gasteiger partial charge in [-0.15, -0.1) is 0 Å². The zero-order valence-electron chi connectivity index (χ0n) is 6.17. The minimum absolute atomic E-state index is 0.193. The van der Waals surface area contributed by atoms with Gasteiger partial charge < -0.3 is 0 Å². The maximum Gasteiger partial charge on any atom is 0.452 e. The van der Waals surface area contributed by atoms with E-state index in [0.717, 1.165) is 0 Å². The first-order valence-electron chi connectivity index (χ1n) is 3.17. The van der Waals surface area contributed by atoms with Gasteiger partial charge in [-0.25, -0.2) is 0 Å². The van der Waals surface area contributed by atoms with Crippen molar-refractivity contribution in [1.29, 1.82) is 0 Å². The molecule has 0 spiro atoms. The topological polar surface area (TPSA) is 19.9 Å². The lowest BCUT2D eigenvalue weighted by Crippen LogP contribution is -1.95. The molecular formula is C7H4F3OS2. The highest BCUT2D eigenvalue weighted by atomic mass is 33.1. The average molecular weight is 225 g/mol. The first kappa shape index (κ1) is 10.6. The van der Waals surface area contributed by atoms with Crippen molar-refractivity contribution in [3.63, 3.8) is 0 Å². The summed E-state index contributed by atoms with van der Waals surface area (Å²) in [5.74, 6) is -0.207. The van der Waals surface area contributed by atoms with Gasteiger partial charge in [-0.1, -0.05) is 0 Å². The van der Waals surface area contributed by atoms with Crippen molar-refractivity contribution >= 4 is 21.6 Å². The highest BCUT2D eigenvalue weighted by Crippen LogP contribution is 2.43. The zero-order valence-corrected chi connectivity index (χ0v) is 7.80. The Morgan fingerprint density at radius 1 is 1.08 bits per heavy atom. The molecular weight excluding hydrogens is 221 g/mol. The summed E-state index contributed by atoms with van der Waals surface area (Å²) in [7, 11) is 0.396. The lowest BCUT2D eigenvalue weighted by Gasteiger charge is -2.03. The van der Waals surface area contributed by atoms with Crippen molar-refractivity contribution in [3.05, 3.63) is 24.3 Å². The first-order chi connectivity index (χ1) is 5.97. The molecule has 1 radical (unpaired) electrons. The summed E-state index contributed by atoms with van der Waals surface area (Å²) in [6.07, 6.45) is 0. The Labute approximate surface area is 80.7 Å². The monoisotopic (exact) mass is 225 g/mol. The standard InChI is InChI=1S/C7H4F3OS2/c8-7(9,10)13-12-6-3-1-5(11)2-4-6/h1-4H. The molecule has 0 amide bonds. The number of benzene rings is 1. The van der Waals surface area contributed by atoms with Crippen LogP contribution in [0.25, 0.3) is 0 Å². The molecule has 0 aromatic heterocycles. The van der Waals surface area contributed by atoms with Crippen molar-refractivity contribution in [2.24, 2.45) is 0 Å². The van der Waals surface area contributed by atoms with Gasteiger partial charge >= 0.3 is 5.51 Å². The second kappa shape index (κ2) is 4.15. The maximum atomic E-state index is 11.7. The van der Waals surface area contributed by atoms with E-state index in [-0.39, 0.29) is 16.5 Å². The van der Waals surface area contributed by atoms with Crippen molar-refractivity contribution in [3.8, 4) is 5.75 Å². The van der Waals surface area contributed by atoms with E-state index in [9.17, 15) is 18.3 Å². The maximum absolute atomic E-state index is 11.7. The minimum atomic E-state index is -4.25. The Balaban J connectivity index is 2.51. The first-order valence-corrected chi connectivity index (χ1v) is 5.32. The Kier molecular flexibility index (Phi) is 3.38. The molecule has 1 nitrogen and oxygen atoms in total. The van der Waals surface area contributed by atoms with Crippen molar-refractivity contribution in [2.45, 2.75) is 10.4 Å². The summed E-state index contributed by atoms with van der Waals surface area (Å²) in [5, 5.41) is 10.6. The van der Waals surface area contributed by atoms with E-state index in [2.05, 4.69) is 0 Å². The second-order valence-corrected chi connectivity index (χ2v) is 4.35. The summed E-state index contributed by atoms with van der Waals surface area (Å²) in [5.41, 5.74) is -4.25. The molecule has 0 fully saturated rings. The van der Waals surface area contributed by atoms with Crippen LogP contribution >= 0.6 is 21.6 Å². The fraction of sp³-hybridized carbons (Fsp3) is 0.143. The van der Waals surface area contributed by atoms with Crippen LogP contribution in [0.15, 0.2) is 29.2 Å². The van der Waals surface area contributed by atoms with Crippen LogP contribution in [0.4, 0.5) is 13.2 Å². The fourth-order valence-electron chi connectivity index (χ4n) is 0.591. The SMILES string of the molecule is [O]c1ccc(SSC(F)(F)F)cc1. The van der Waals surface area contributed by atoms with Gasteiger partial charge in [0.2, 0.25) is 0 Å². The Bertz CT molecular complexity index is 270. The molecule has 0 N–H and O–H groups in total. The van der Waals surface area contributed by atoms with E-state index >= 15 is 0 Å². The van der Waals surface area contributed by atoms with Crippen LogP contribution in [-0.4, -0.2) is 5.51 Å². The third kappa shape index (κ3) is 4.33. The Morgan fingerprint density at radius 3 is 2.08 bits per heavy atom. The van der Waals surface area contributed by atoms with Gasteiger partial charge in [0.25, 0.3) is 0 Å². The van der Waals surface area contributed by atoms with Gasteiger partial charge in [0, 0.05) is 15.7 Å². The number of hydrogen-bond acceptors (Lipinski definition) is 2. The van der Waals surface area contributed by atoms with E-state index < -0.39 is 5.51 Å². The molecule has 0 atom stereocenters. The average Bonchev–Trinajstić information content (AvgIpc) is 2.02. The number of alkyl halides is 3. The van der Waals surface area contributed by atoms with Crippen LogP contribution in [0.1, 0.15) is 0 Å². The van der Waals surface area contributed by atoms with Gasteiger partial charge in [-0.2, -0.15) is 13.2 Å². The Hall–Kier alpha value is -0.490. The molecule has 0 bridgehead atoms. The summed E-state index contributed by atoms with van der Waals surface area (Å²) >= 11 is 0. The van der Waals surface area contributed by atoms with Crippen molar-refractivity contribution < 1.29 is 18.3 Å². The van der Waals surface area contributed by atoms with Crippen molar-refractivity contribution in [2.75, 3.05) is 0 Å². The van der Waals surface area contributed by atoms with Crippen LogP contribution in [0.2, 0.25) is 0 Å². The third-order valence-electron chi connectivity index (χ3n) is 1.06. The number of hydrogen-bond donors (Lipinski definition) is 0. The largest absolute Gasteiger partial charge is 0.452 e. The van der Waals surface area contributed by atoms with Crippen LogP contribution in [0.3, 0.4) is 0 Å². The summed E-state index contributed by atoms with van der Waals surface area (Å²) in [6.45, 7) is 0. The lowest BCUT2D eigenvalue weighted by atomic mass is 10.3. The van der Waals surface area contributed by atoms with Gasteiger partial charge in [-0.05, 0) is 35.1 Å². The van der Waals surface area contributed by atoms with E-state index in [4.69, 9.17) is 0 Å². The smallest absolute Gasteiger partial charge is 0.290 e. The molecule has 0 aliphatic carbocycles. The van der Waals surface area contributed by atoms with Crippen LogP contribution in [0.5, 0.6) is 5.75 Å². The van der Waals surface area contributed by atoms with E-state index in [1.807, 2.05) is 0 Å². The highest BCUT2D eigenvalue weighted by molar-refractivity contribution is 8.77. The lowest BCUT2D eigenvalue weighted by molar-refractivity contribution is -0.0311. The van der Waals surface area contributed by atoms with Gasteiger partial charge in [0.15, 0.2) is 5.75 Å². The van der Waals surface area contributed by atoms with Crippen LogP contribution < -0.4 is 0 Å². The number of rotatable bonds is 2. The summed E-state index contributed by atoms with van der Waals surface area (Å²) in [6, 6.07) is 5.20. The fourth-order valence-corrected chi connectivity index (χ4v) is 1.93.